The summed E-state index contributed by atoms with van der Waals surface area (Å²) in [6.45, 7) is 6.49. The SMILES string of the molecule is CC(C)CNCC1(CCS(C)(=O)=O)CC2CCC1C2. The first-order valence-corrected chi connectivity index (χ1v) is 9.75. The molecule has 2 fully saturated rings. The Labute approximate surface area is 118 Å². The van der Waals surface area contributed by atoms with E-state index in [1.165, 1.54) is 31.9 Å². The Balaban J connectivity index is 1.97. The van der Waals surface area contributed by atoms with Gasteiger partial charge in [-0.05, 0) is 55.4 Å². The van der Waals surface area contributed by atoms with E-state index in [2.05, 4.69) is 19.2 Å². The maximum atomic E-state index is 11.5. The molecule has 2 aliphatic carbocycles. The van der Waals surface area contributed by atoms with E-state index in [1.807, 2.05) is 0 Å². The highest BCUT2D eigenvalue weighted by molar-refractivity contribution is 7.90. The van der Waals surface area contributed by atoms with E-state index in [9.17, 15) is 8.42 Å². The van der Waals surface area contributed by atoms with Gasteiger partial charge in [0.1, 0.15) is 9.84 Å². The highest BCUT2D eigenvalue weighted by atomic mass is 32.2. The zero-order valence-corrected chi connectivity index (χ0v) is 13.4. The van der Waals surface area contributed by atoms with E-state index in [0.717, 1.165) is 31.3 Å². The minimum Gasteiger partial charge on any atom is -0.316 e. The van der Waals surface area contributed by atoms with E-state index in [0.29, 0.717) is 11.7 Å². The number of fused-ring (bicyclic) bond motifs is 2. The van der Waals surface area contributed by atoms with Crippen LogP contribution in [-0.4, -0.2) is 33.5 Å². The van der Waals surface area contributed by atoms with Crippen molar-refractivity contribution in [2.24, 2.45) is 23.2 Å². The topological polar surface area (TPSA) is 46.2 Å². The lowest BCUT2D eigenvalue weighted by Crippen LogP contribution is -2.41. The second-order valence-corrected chi connectivity index (χ2v) is 9.61. The minimum absolute atomic E-state index is 0.265. The van der Waals surface area contributed by atoms with E-state index in [1.54, 1.807) is 0 Å². The first-order chi connectivity index (χ1) is 8.81. The van der Waals surface area contributed by atoms with Gasteiger partial charge in [-0.25, -0.2) is 8.42 Å². The average Bonchev–Trinajstić information content (AvgIpc) is 2.85. The summed E-state index contributed by atoms with van der Waals surface area (Å²) < 4.78 is 23.0. The van der Waals surface area contributed by atoms with Gasteiger partial charge in [-0.15, -0.1) is 0 Å². The van der Waals surface area contributed by atoms with Crippen molar-refractivity contribution in [2.75, 3.05) is 25.1 Å². The zero-order chi connectivity index (χ0) is 14.1. The van der Waals surface area contributed by atoms with Crippen LogP contribution in [0.25, 0.3) is 0 Å². The van der Waals surface area contributed by atoms with Crippen molar-refractivity contribution in [3.63, 3.8) is 0 Å². The molecule has 3 nitrogen and oxygen atoms in total. The number of hydrogen-bond acceptors (Lipinski definition) is 3. The molecule has 2 rings (SSSR count). The molecule has 112 valence electrons. The maximum Gasteiger partial charge on any atom is 0.147 e. The molecule has 0 heterocycles. The van der Waals surface area contributed by atoms with Crippen LogP contribution in [-0.2, 0) is 9.84 Å². The summed E-state index contributed by atoms with van der Waals surface area (Å²) in [5.41, 5.74) is 0.265. The van der Waals surface area contributed by atoms with Gasteiger partial charge >= 0.3 is 0 Å². The molecule has 0 aliphatic heterocycles. The molecular formula is C15H29NO2S. The Morgan fingerprint density at radius 3 is 2.53 bits per heavy atom. The van der Waals surface area contributed by atoms with Gasteiger partial charge in [0.15, 0.2) is 0 Å². The molecule has 2 bridgehead atoms. The third-order valence-electron chi connectivity index (χ3n) is 5.10. The molecule has 0 aromatic rings. The molecule has 0 radical (unpaired) electrons. The number of nitrogens with one attached hydrogen (secondary N) is 1. The standard InChI is InChI=1S/C15H29NO2S/c1-12(2)10-16-11-15(6-7-19(3,17)18)9-13-4-5-14(15)8-13/h12-14,16H,4-11H2,1-3H3. The zero-order valence-electron chi connectivity index (χ0n) is 12.6. The van der Waals surface area contributed by atoms with Crippen molar-refractivity contribution in [2.45, 2.75) is 46.0 Å². The smallest absolute Gasteiger partial charge is 0.147 e. The molecule has 0 amide bonds. The van der Waals surface area contributed by atoms with Gasteiger partial charge in [0.25, 0.3) is 0 Å². The summed E-state index contributed by atoms with van der Waals surface area (Å²) >= 11 is 0. The molecule has 2 saturated carbocycles. The van der Waals surface area contributed by atoms with Crippen LogP contribution in [0.3, 0.4) is 0 Å². The molecular weight excluding hydrogens is 258 g/mol. The molecule has 19 heavy (non-hydrogen) atoms. The van der Waals surface area contributed by atoms with E-state index < -0.39 is 9.84 Å². The molecule has 0 aromatic heterocycles. The van der Waals surface area contributed by atoms with Gasteiger partial charge in [0, 0.05) is 12.8 Å². The van der Waals surface area contributed by atoms with Crippen LogP contribution in [0.4, 0.5) is 0 Å². The van der Waals surface area contributed by atoms with Crippen molar-refractivity contribution < 1.29 is 8.42 Å². The quantitative estimate of drug-likeness (QED) is 0.782. The van der Waals surface area contributed by atoms with Crippen molar-refractivity contribution in [3.05, 3.63) is 0 Å². The molecule has 4 heteroatoms. The summed E-state index contributed by atoms with van der Waals surface area (Å²) in [7, 11) is -2.84. The van der Waals surface area contributed by atoms with Crippen LogP contribution in [0.2, 0.25) is 0 Å². The predicted molar refractivity (Wildman–Crippen MR) is 79.9 cm³/mol. The van der Waals surface area contributed by atoms with Gasteiger partial charge in [-0.2, -0.15) is 0 Å². The van der Waals surface area contributed by atoms with Gasteiger partial charge in [0.2, 0.25) is 0 Å². The number of hydrogen-bond donors (Lipinski definition) is 1. The Morgan fingerprint density at radius 1 is 1.32 bits per heavy atom. The van der Waals surface area contributed by atoms with E-state index in [-0.39, 0.29) is 5.41 Å². The Bertz CT molecular complexity index is 404. The molecule has 1 N–H and O–H groups in total. The number of sulfone groups is 1. The monoisotopic (exact) mass is 287 g/mol. The van der Waals surface area contributed by atoms with Gasteiger partial charge < -0.3 is 5.32 Å². The Hall–Kier alpha value is -0.0900. The Kier molecular flexibility index (Phi) is 4.61. The van der Waals surface area contributed by atoms with Crippen molar-refractivity contribution in [1.29, 1.82) is 0 Å². The summed E-state index contributed by atoms with van der Waals surface area (Å²) in [5, 5.41) is 3.59. The third-order valence-corrected chi connectivity index (χ3v) is 6.05. The minimum atomic E-state index is -2.84. The summed E-state index contributed by atoms with van der Waals surface area (Å²) in [4.78, 5) is 0. The fourth-order valence-electron chi connectivity index (χ4n) is 4.17. The van der Waals surface area contributed by atoms with Crippen LogP contribution in [0.1, 0.15) is 46.0 Å². The van der Waals surface area contributed by atoms with Crippen LogP contribution < -0.4 is 5.32 Å². The van der Waals surface area contributed by atoms with E-state index >= 15 is 0 Å². The molecule has 2 aliphatic rings. The predicted octanol–water partition coefficient (Wildman–Crippen LogP) is 2.47. The second kappa shape index (κ2) is 5.72. The third kappa shape index (κ3) is 3.94. The van der Waals surface area contributed by atoms with Crippen molar-refractivity contribution in [3.8, 4) is 0 Å². The van der Waals surface area contributed by atoms with Gasteiger partial charge in [-0.3, -0.25) is 0 Å². The Morgan fingerprint density at radius 2 is 2.05 bits per heavy atom. The average molecular weight is 287 g/mol. The van der Waals surface area contributed by atoms with Crippen LogP contribution >= 0.6 is 0 Å². The summed E-state index contributed by atoms with van der Waals surface area (Å²) in [5.74, 6) is 2.65. The van der Waals surface area contributed by atoms with Gasteiger partial charge in [0.05, 0.1) is 5.75 Å². The van der Waals surface area contributed by atoms with Crippen molar-refractivity contribution in [1.82, 2.24) is 5.32 Å². The fraction of sp³-hybridized carbons (Fsp3) is 1.00. The number of rotatable bonds is 7. The highest BCUT2D eigenvalue weighted by Crippen LogP contribution is 2.57. The lowest BCUT2D eigenvalue weighted by molar-refractivity contribution is 0.150. The summed E-state index contributed by atoms with van der Waals surface area (Å²) in [6.07, 6.45) is 7.51. The molecule has 3 unspecified atom stereocenters. The lowest BCUT2D eigenvalue weighted by Gasteiger charge is -2.38. The van der Waals surface area contributed by atoms with Crippen LogP contribution in [0, 0.1) is 23.2 Å². The fourth-order valence-corrected chi connectivity index (χ4v) is 4.94. The van der Waals surface area contributed by atoms with E-state index in [4.69, 9.17) is 0 Å². The largest absolute Gasteiger partial charge is 0.316 e. The van der Waals surface area contributed by atoms with Crippen molar-refractivity contribution >= 4 is 9.84 Å². The normalized spacial score (nSPS) is 34.3. The summed E-state index contributed by atoms with van der Waals surface area (Å²) in [6, 6.07) is 0. The maximum absolute atomic E-state index is 11.5. The van der Waals surface area contributed by atoms with Crippen LogP contribution in [0.15, 0.2) is 0 Å². The highest BCUT2D eigenvalue weighted by Gasteiger charge is 2.50. The van der Waals surface area contributed by atoms with Gasteiger partial charge in [-0.1, -0.05) is 20.3 Å². The lowest BCUT2D eigenvalue weighted by atomic mass is 9.71. The first-order valence-electron chi connectivity index (χ1n) is 7.69. The second-order valence-electron chi connectivity index (χ2n) is 7.35. The van der Waals surface area contributed by atoms with Crippen LogP contribution in [0.5, 0.6) is 0 Å². The molecule has 0 aromatic carbocycles. The molecule has 0 saturated heterocycles. The molecule has 0 spiro atoms. The first kappa shape index (κ1) is 15.3. The molecule has 3 atom stereocenters.